The summed E-state index contributed by atoms with van der Waals surface area (Å²) in [4.78, 5) is 49.0. The first-order valence-corrected chi connectivity index (χ1v) is 13.1. The number of benzene rings is 2. The van der Waals surface area contributed by atoms with E-state index in [4.69, 9.17) is 0 Å². The molecule has 2 atom stereocenters. The molecule has 206 valence electrons. The van der Waals surface area contributed by atoms with Gasteiger partial charge in [-0.3, -0.25) is 14.4 Å². The lowest BCUT2D eigenvalue weighted by Crippen LogP contribution is -2.49. The Kier molecular flexibility index (Phi) is 9.98. The van der Waals surface area contributed by atoms with Crippen molar-refractivity contribution in [2.75, 3.05) is 11.9 Å². The van der Waals surface area contributed by atoms with Crippen LogP contribution in [-0.2, 0) is 20.8 Å². The van der Waals surface area contributed by atoms with Crippen LogP contribution in [0.25, 0.3) is 11.1 Å². The van der Waals surface area contributed by atoms with Crippen molar-refractivity contribution in [1.82, 2.24) is 25.6 Å². The van der Waals surface area contributed by atoms with Crippen molar-refractivity contribution in [2.24, 2.45) is 0 Å². The zero-order valence-corrected chi connectivity index (χ0v) is 21.9. The van der Waals surface area contributed by atoms with E-state index in [0.29, 0.717) is 24.2 Å². The van der Waals surface area contributed by atoms with Gasteiger partial charge in [0, 0.05) is 31.8 Å². The van der Waals surface area contributed by atoms with E-state index in [0.717, 1.165) is 16.9 Å². The van der Waals surface area contributed by atoms with Crippen molar-refractivity contribution in [2.45, 2.75) is 37.8 Å². The molecule has 0 fully saturated rings. The molecule has 40 heavy (non-hydrogen) atoms. The van der Waals surface area contributed by atoms with E-state index in [2.05, 4.69) is 30.9 Å². The molecular formula is C30H32N6O4. The van der Waals surface area contributed by atoms with Crippen LogP contribution in [0.2, 0.25) is 0 Å². The van der Waals surface area contributed by atoms with Crippen LogP contribution in [0.3, 0.4) is 0 Å². The molecule has 0 spiro atoms. The number of carbonyl (C=O) groups excluding carboxylic acids is 2. The van der Waals surface area contributed by atoms with Crippen LogP contribution >= 0.6 is 0 Å². The monoisotopic (exact) mass is 540 g/mol. The Morgan fingerprint density at radius 2 is 1.62 bits per heavy atom. The highest BCUT2D eigenvalue weighted by atomic mass is 16.4. The normalized spacial score (nSPS) is 12.2. The minimum Gasteiger partial charge on any atom is -0.481 e. The molecule has 1 unspecified atom stereocenters. The number of carboxylic acid groups (broad SMARTS) is 1. The van der Waals surface area contributed by atoms with Crippen molar-refractivity contribution in [3.8, 4) is 11.1 Å². The number of pyridine rings is 1. The predicted molar refractivity (Wildman–Crippen MR) is 151 cm³/mol. The number of aliphatic carboxylic acids is 1. The zero-order valence-electron chi connectivity index (χ0n) is 21.9. The van der Waals surface area contributed by atoms with E-state index >= 15 is 0 Å². The first kappa shape index (κ1) is 28.0. The molecule has 0 saturated heterocycles. The highest BCUT2D eigenvalue weighted by Crippen LogP contribution is 2.23. The van der Waals surface area contributed by atoms with Crippen molar-refractivity contribution >= 4 is 23.6 Å². The molecule has 0 aliphatic rings. The number of amides is 2. The third-order valence-electron chi connectivity index (χ3n) is 6.29. The summed E-state index contributed by atoms with van der Waals surface area (Å²) in [7, 11) is 0. The van der Waals surface area contributed by atoms with E-state index in [1.54, 1.807) is 12.4 Å². The average Bonchev–Trinajstić information content (AvgIpc) is 3.49. The van der Waals surface area contributed by atoms with Gasteiger partial charge in [-0.05, 0) is 35.2 Å². The van der Waals surface area contributed by atoms with E-state index in [9.17, 15) is 19.5 Å². The van der Waals surface area contributed by atoms with Gasteiger partial charge in [0.25, 0.3) is 0 Å². The number of anilines is 1. The van der Waals surface area contributed by atoms with Gasteiger partial charge in [-0.1, -0.05) is 60.7 Å². The SMILES string of the molecule is O=C(O)CC(NC(=O)[C@H](Cc1c[nH]cn1)NC(=O)CCCNc1ccccn1)c1ccc(-c2ccccc2)cc1. The van der Waals surface area contributed by atoms with Gasteiger partial charge < -0.3 is 26.0 Å². The Bertz CT molecular complexity index is 1360. The van der Waals surface area contributed by atoms with Gasteiger partial charge in [-0.15, -0.1) is 0 Å². The molecule has 2 amide bonds. The molecule has 2 aromatic heterocycles. The fourth-order valence-corrected chi connectivity index (χ4v) is 4.26. The van der Waals surface area contributed by atoms with Crippen LogP contribution < -0.4 is 16.0 Å². The number of nitrogens with one attached hydrogen (secondary N) is 4. The molecule has 5 N–H and O–H groups in total. The van der Waals surface area contributed by atoms with Crippen molar-refractivity contribution < 1.29 is 19.5 Å². The van der Waals surface area contributed by atoms with Gasteiger partial charge in [0.2, 0.25) is 11.8 Å². The maximum Gasteiger partial charge on any atom is 0.305 e. The standard InChI is InChI=1S/C30H32N6O4/c37-28(10-6-16-33-27-9-4-5-15-32-27)35-26(17-24-19-31-20-34-24)30(40)36-25(18-29(38)39)23-13-11-22(12-14-23)21-7-2-1-3-8-21/h1-5,7-9,11-15,19-20,25-26H,6,10,16-18H2,(H,31,34)(H,32,33)(H,35,37)(H,36,40)(H,38,39)/t25?,26-/m0/s1. The lowest BCUT2D eigenvalue weighted by Gasteiger charge is -2.23. The van der Waals surface area contributed by atoms with Crippen molar-refractivity contribution in [3.63, 3.8) is 0 Å². The van der Waals surface area contributed by atoms with Crippen LogP contribution in [0.4, 0.5) is 5.82 Å². The van der Waals surface area contributed by atoms with Gasteiger partial charge in [-0.2, -0.15) is 0 Å². The molecular weight excluding hydrogens is 508 g/mol. The van der Waals surface area contributed by atoms with Gasteiger partial charge in [0.05, 0.1) is 24.5 Å². The summed E-state index contributed by atoms with van der Waals surface area (Å²) in [5.41, 5.74) is 3.26. The number of carboxylic acids is 1. The summed E-state index contributed by atoms with van der Waals surface area (Å²) in [5.74, 6) is -1.10. The topological polar surface area (TPSA) is 149 Å². The molecule has 2 heterocycles. The molecule has 0 bridgehead atoms. The smallest absolute Gasteiger partial charge is 0.305 e. The number of aromatic amines is 1. The number of hydrogen-bond donors (Lipinski definition) is 5. The summed E-state index contributed by atoms with van der Waals surface area (Å²) in [6.07, 6.45) is 5.41. The van der Waals surface area contributed by atoms with Crippen LogP contribution in [-0.4, -0.2) is 50.4 Å². The maximum absolute atomic E-state index is 13.4. The molecule has 10 nitrogen and oxygen atoms in total. The second kappa shape index (κ2) is 14.2. The van der Waals surface area contributed by atoms with Crippen LogP contribution in [0.15, 0.2) is 91.5 Å². The first-order chi connectivity index (χ1) is 19.5. The fraction of sp³-hybridized carbons (Fsp3) is 0.233. The molecule has 0 aliphatic carbocycles. The summed E-state index contributed by atoms with van der Waals surface area (Å²) >= 11 is 0. The lowest BCUT2D eigenvalue weighted by molar-refractivity contribution is -0.138. The second-order valence-corrected chi connectivity index (χ2v) is 9.28. The van der Waals surface area contributed by atoms with Crippen molar-refractivity contribution in [1.29, 1.82) is 0 Å². The average molecular weight is 541 g/mol. The number of aromatic nitrogens is 3. The lowest BCUT2D eigenvalue weighted by atomic mass is 9.98. The molecule has 0 radical (unpaired) electrons. The van der Waals surface area contributed by atoms with E-state index < -0.39 is 24.0 Å². The summed E-state index contributed by atoms with van der Waals surface area (Å²) in [5, 5.41) is 18.3. The van der Waals surface area contributed by atoms with Gasteiger partial charge in [0.15, 0.2) is 0 Å². The Hall–Kier alpha value is -4.99. The predicted octanol–water partition coefficient (Wildman–Crippen LogP) is 3.72. The molecule has 4 rings (SSSR count). The number of carbonyl (C=O) groups is 3. The summed E-state index contributed by atoms with van der Waals surface area (Å²) in [6, 6.07) is 21.0. The Morgan fingerprint density at radius 1 is 0.875 bits per heavy atom. The molecule has 2 aromatic carbocycles. The molecule has 0 aliphatic heterocycles. The van der Waals surface area contributed by atoms with Gasteiger partial charge >= 0.3 is 5.97 Å². The number of hydrogen-bond acceptors (Lipinski definition) is 6. The Balaban J connectivity index is 1.40. The minimum atomic E-state index is -1.05. The van der Waals surface area contributed by atoms with Crippen LogP contribution in [0.5, 0.6) is 0 Å². The van der Waals surface area contributed by atoms with E-state index in [1.165, 1.54) is 6.33 Å². The minimum absolute atomic E-state index is 0.153. The first-order valence-electron chi connectivity index (χ1n) is 13.1. The highest BCUT2D eigenvalue weighted by molar-refractivity contribution is 5.88. The highest BCUT2D eigenvalue weighted by Gasteiger charge is 2.26. The van der Waals surface area contributed by atoms with E-state index in [1.807, 2.05) is 72.8 Å². The van der Waals surface area contributed by atoms with Crippen LogP contribution in [0, 0.1) is 0 Å². The van der Waals surface area contributed by atoms with Gasteiger partial charge in [0.1, 0.15) is 11.9 Å². The van der Waals surface area contributed by atoms with Gasteiger partial charge in [-0.25, -0.2) is 9.97 Å². The third-order valence-corrected chi connectivity index (χ3v) is 6.29. The van der Waals surface area contributed by atoms with Crippen molar-refractivity contribution in [3.05, 3.63) is 103 Å². The molecule has 4 aromatic rings. The number of H-pyrrole nitrogens is 1. The number of nitrogens with zero attached hydrogens (tertiary/aromatic N) is 2. The Morgan fingerprint density at radius 3 is 2.30 bits per heavy atom. The maximum atomic E-state index is 13.4. The fourth-order valence-electron chi connectivity index (χ4n) is 4.26. The van der Waals surface area contributed by atoms with Crippen LogP contribution in [0.1, 0.15) is 36.6 Å². The molecule has 0 saturated carbocycles. The molecule has 10 heteroatoms. The third kappa shape index (κ3) is 8.52. The summed E-state index contributed by atoms with van der Waals surface area (Å²) in [6.45, 7) is 0.542. The Labute approximate surface area is 232 Å². The largest absolute Gasteiger partial charge is 0.481 e. The quantitative estimate of drug-likeness (QED) is 0.153. The van der Waals surface area contributed by atoms with E-state index in [-0.39, 0.29) is 25.2 Å². The zero-order chi connectivity index (χ0) is 28.2. The number of rotatable bonds is 14. The summed E-state index contributed by atoms with van der Waals surface area (Å²) < 4.78 is 0. The second-order valence-electron chi connectivity index (χ2n) is 9.28. The number of imidazole rings is 1.